The molecule has 0 aliphatic carbocycles. The van der Waals surface area contributed by atoms with Crippen molar-refractivity contribution in [2.24, 2.45) is 0 Å². The number of carbonyl (C=O) groups is 1. The minimum absolute atomic E-state index is 0.113. The van der Waals surface area contributed by atoms with E-state index in [1.54, 1.807) is 0 Å². The van der Waals surface area contributed by atoms with Crippen molar-refractivity contribution in [2.75, 3.05) is 6.54 Å². The Kier molecular flexibility index (Phi) is 4.46. The van der Waals surface area contributed by atoms with Crippen LogP contribution in [-0.4, -0.2) is 38.2 Å². The molecule has 5 nitrogen and oxygen atoms in total. The van der Waals surface area contributed by atoms with Gasteiger partial charge < -0.3 is 4.90 Å². The minimum atomic E-state index is 0.113. The van der Waals surface area contributed by atoms with Gasteiger partial charge in [-0.15, -0.1) is 0 Å². The number of likely N-dealkylation sites (tertiary alicyclic amines) is 1. The molecule has 1 fully saturated rings. The smallest absolute Gasteiger partial charge is 0.254 e. The molecular formula is C22H26N4O. The lowest BCUT2D eigenvalue weighted by Gasteiger charge is -2.23. The van der Waals surface area contributed by atoms with Gasteiger partial charge in [0.1, 0.15) is 0 Å². The maximum Gasteiger partial charge on any atom is 0.254 e. The van der Waals surface area contributed by atoms with Crippen LogP contribution in [0.25, 0.3) is 22.2 Å². The Hall–Kier alpha value is -2.69. The number of nitrogens with zero attached hydrogens (tertiary/aromatic N) is 4. The lowest BCUT2D eigenvalue weighted by atomic mass is 9.99. The fourth-order valence-electron chi connectivity index (χ4n) is 4.06. The number of aromatic nitrogens is 3. The van der Waals surface area contributed by atoms with Gasteiger partial charge in [0.15, 0.2) is 0 Å². The Morgan fingerprint density at radius 1 is 1.26 bits per heavy atom. The van der Waals surface area contributed by atoms with E-state index in [0.717, 1.165) is 64.8 Å². The van der Waals surface area contributed by atoms with Crippen LogP contribution < -0.4 is 0 Å². The highest BCUT2D eigenvalue weighted by Gasteiger charge is 2.28. The van der Waals surface area contributed by atoms with Gasteiger partial charge in [-0.2, -0.15) is 5.10 Å². The van der Waals surface area contributed by atoms with E-state index in [4.69, 9.17) is 4.98 Å². The first-order chi connectivity index (χ1) is 13.0. The molecule has 1 atom stereocenters. The van der Waals surface area contributed by atoms with Crippen LogP contribution in [0, 0.1) is 13.8 Å². The summed E-state index contributed by atoms with van der Waals surface area (Å²) in [7, 11) is 0. The van der Waals surface area contributed by atoms with E-state index in [1.807, 2.05) is 28.0 Å². The highest BCUT2D eigenvalue weighted by atomic mass is 16.2. The summed E-state index contributed by atoms with van der Waals surface area (Å²) in [5.41, 5.74) is 5.65. The predicted molar refractivity (Wildman–Crippen MR) is 108 cm³/mol. The van der Waals surface area contributed by atoms with Gasteiger partial charge >= 0.3 is 0 Å². The normalized spacial score (nSPS) is 17.0. The third-order valence-electron chi connectivity index (χ3n) is 5.55. The number of fused-ring (bicyclic) bond motifs is 1. The molecule has 1 amide bonds. The lowest BCUT2D eigenvalue weighted by molar-refractivity contribution is 0.0749. The van der Waals surface area contributed by atoms with E-state index in [2.05, 4.69) is 44.9 Å². The summed E-state index contributed by atoms with van der Waals surface area (Å²) in [6.45, 7) is 9.96. The molecule has 0 radical (unpaired) electrons. The van der Waals surface area contributed by atoms with E-state index >= 15 is 0 Å². The first-order valence-corrected chi connectivity index (χ1v) is 9.73. The van der Waals surface area contributed by atoms with Gasteiger partial charge in [-0.3, -0.25) is 9.48 Å². The van der Waals surface area contributed by atoms with Crippen molar-refractivity contribution < 1.29 is 4.79 Å². The Morgan fingerprint density at radius 3 is 2.74 bits per heavy atom. The third kappa shape index (κ3) is 3.11. The summed E-state index contributed by atoms with van der Waals surface area (Å²) in [5.74, 6) is 0.113. The molecule has 5 heteroatoms. The fraction of sp³-hybridized carbons (Fsp3) is 0.409. The quantitative estimate of drug-likeness (QED) is 0.696. The fourth-order valence-corrected chi connectivity index (χ4v) is 4.06. The molecule has 27 heavy (non-hydrogen) atoms. The molecule has 4 rings (SSSR count). The molecule has 1 aliphatic rings. The summed E-state index contributed by atoms with van der Waals surface area (Å²) >= 11 is 0. The molecule has 1 saturated heterocycles. The van der Waals surface area contributed by atoms with Gasteiger partial charge in [-0.05, 0) is 58.2 Å². The molecule has 140 valence electrons. The van der Waals surface area contributed by atoms with E-state index < -0.39 is 0 Å². The largest absolute Gasteiger partial charge is 0.336 e. The van der Waals surface area contributed by atoms with Crippen molar-refractivity contribution in [2.45, 2.75) is 53.1 Å². The molecule has 0 bridgehead atoms. The molecule has 1 aliphatic heterocycles. The molecule has 0 spiro atoms. The van der Waals surface area contributed by atoms with E-state index in [0.29, 0.717) is 0 Å². The van der Waals surface area contributed by atoms with E-state index in [1.165, 1.54) is 0 Å². The second-order valence-corrected chi connectivity index (χ2v) is 7.61. The average molecular weight is 362 g/mol. The number of benzene rings is 1. The van der Waals surface area contributed by atoms with Crippen LogP contribution in [0.4, 0.5) is 0 Å². The Labute approximate surface area is 160 Å². The van der Waals surface area contributed by atoms with Crippen LogP contribution in [0.3, 0.4) is 0 Å². The molecule has 3 aromatic rings. The monoisotopic (exact) mass is 362 g/mol. The van der Waals surface area contributed by atoms with Crippen LogP contribution in [0.15, 0.2) is 30.6 Å². The number of amides is 1. The van der Waals surface area contributed by atoms with Crippen LogP contribution in [-0.2, 0) is 6.54 Å². The van der Waals surface area contributed by atoms with E-state index in [-0.39, 0.29) is 11.9 Å². The number of carbonyl (C=O) groups excluding carboxylic acids is 1. The highest BCUT2D eigenvalue weighted by Crippen LogP contribution is 2.30. The molecular weight excluding hydrogens is 336 g/mol. The predicted octanol–water partition coefficient (Wildman–Crippen LogP) is 4.36. The number of rotatable bonds is 3. The maximum absolute atomic E-state index is 13.4. The van der Waals surface area contributed by atoms with Gasteiger partial charge in [0.05, 0.1) is 23.0 Å². The Morgan fingerprint density at radius 2 is 2.07 bits per heavy atom. The van der Waals surface area contributed by atoms with Gasteiger partial charge in [0.25, 0.3) is 5.91 Å². The van der Waals surface area contributed by atoms with Crippen LogP contribution >= 0.6 is 0 Å². The maximum atomic E-state index is 13.4. The highest BCUT2D eigenvalue weighted by molar-refractivity contribution is 6.08. The average Bonchev–Trinajstić information content (AvgIpc) is 3.29. The third-order valence-corrected chi connectivity index (χ3v) is 5.55. The zero-order valence-electron chi connectivity index (χ0n) is 16.5. The zero-order chi connectivity index (χ0) is 19.1. The number of pyridine rings is 1. The first-order valence-electron chi connectivity index (χ1n) is 9.73. The van der Waals surface area contributed by atoms with Gasteiger partial charge in [-0.1, -0.05) is 11.6 Å². The molecule has 2 aromatic heterocycles. The van der Waals surface area contributed by atoms with Gasteiger partial charge in [0, 0.05) is 36.3 Å². The van der Waals surface area contributed by atoms with Crippen molar-refractivity contribution in [3.8, 4) is 11.3 Å². The van der Waals surface area contributed by atoms with Crippen LogP contribution in [0.1, 0.15) is 48.2 Å². The summed E-state index contributed by atoms with van der Waals surface area (Å²) in [5, 5.41) is 5.32. The standard InChI is InChI=1S/C22H26N4O/c1-5-25-13-17(12-23-25)20-11-19(22(27)26-8-6-7-16(26)4)18-10-14(2)9-15(3)21(18)24-20/h9-13,16H,5-8H2,1-4H3. The van der Waals surface area contributed by atoms with E-state index in [9.17, 15) is 4.79 Å². The SMILES string of the molecule is CCn1cc(-c2cc(C(=O)N3CCCC3C)c3cc(C)cc(C)c3n2)cn1. The van der Waals surface area contributed by atoms with Crippen molar-refractivity contribution in [3.63, 3.8) is 0 Å². The summed E-state index contributed by atoms with van der Waals surface area (Å²) in [6.07, 6.45) is 5.96. The first kappa shape index (κ1) is 17.7. The van der Waals surface area contributed by atoms with Crippen molar-refractivity contribution in [3.05, 3.63) is 47.3 Å². The second-order valence-electron chi connectivity index (χ2n) is 7.61. The lowest BCUT2D eigenvalue weighted by Crippen LogP contribution is -2.33. The Bertz CT molecular complexity index is 1020. The molecule has 0 saturated carbocycles. The van der Waals surface area contributed by atoms with Crippen molar-refractivity contribution in [1.29, 1.82) is 0 Å². The van der Waals surface area contributed by atoms with Crippen molar-refractivity contribution in [1.82, 2.24) is 19.7 Å². The molecule has 1 aromatic carbocycles. The van der Waals surface area contributed by atoms with Crippen LogP contribution in [0.2, 0.25) is 0 Å². The summed E-state index contributed by atoms with van der Waals surface area (Å²) in [4.78, 5) is 20.3. The van der Waals surface area contributed by atoms with Gasteiger partial charge in [-0.25, -0.2) is 4.98 Å². The van der Waals surface area contributed by atoms with Gasteiger partial charge in [0.2, 0.25) is 0 Å². The number of aryl methyl sites for hydroxylation is 3. The van der Waals surface area contributed by atoms with Crippen LogP contribution in [0.5, 0.6) is 0 Å². The van der Waals surface area contributed by atoms with Crippen molar-refractivity contribution >= 4 is 16.8 Å². The number of hydrogen-bond donors (Lipinski definition) is 0. The Balaban J connectivity index is 1.93. The summed E-state index contributed by atoms with van der Waals surface area (Å²) < 4.78 is 1.88. The zero-order valence-corrected chi connectivity index (χ0v) is 16.5. The minimum Gasteiger partial charge on any atom is -0.336 e. The topological polar surface area (TPSA) is 51.0 Å². The number of hydrogen-bond acceptors (Lipinski definition) is 3. The molecule has 1 unspecified atom stereocenters. The molecule has 3 heterocycles. The summed E-state index contributed by atoms with van der Waals surface area (Å²) in [6, 6.07) is 6.45. The molecule has 0 N–H and O–H groups in total. The second kappa shape index (κ2) is 6.80.